The number of aliphatic hydroxyl groups excluding tert-OH is 4. The van der Waals surface area contributed by atoms with Crippen molar-refractivity contribution in [1.29, 1.82) is 0 Å². The van der Waals surface area contributed by atoms with Crippen molar-refractivity contribution in [2.45, 2.75) is 198 Å². The predicted octanol–water partition coefficient (Wildman–Crippen LogP) is 2.88. The Bertz CT molecular complexity index is 2050. The third-order valence-corrected chi connectivity index (χ3v) is 15.4. The number of methoxy groups -OCH3 is 1. The molecule has 5 heterocycles. The van der Waals surface area contributed by atoms with Crippen LogP contribution in [-0.4, -0.2) is 200 Å². The second-order valence-electron chi connectivity index (χ2n) is 21.3. The third-order valence-electron chi connectivity index (χ3n) is 15.4. The number of aliphatic hydroxyl groups is 5. The number of hydrogen-bond acceptors (Lipinski definition) is 18. The number of amides is 1. The summed E-state index contributed by atoms with van der Waals surface area (Å²) in [5, 5.41) is 67.5. The van der Waals surface area contributed by atoms with E-state index in [9.17, 15) is 39.5 Å². The van der Waals surface area contributed by atoms with Gasteiger partial charge in [0.15, 0.2) is 12.6 Å². The lowest BCUT2D eigenvalue weighted by Gasteiger charge is -2.49. The quantitative estimate of drug-likeness (QED) is 0.181. The number of esters is 1. The van der Waals surface area contributed by atoms with Crippen LogP contribution in [0, 0.1) is 23.6 Å². The molecule has 4 fully saturated rings. The fourth-order valence-corrected chi connectivity index (χ4v) is 11.0. The molecular weight excluding hydrogens is 928 g/mol. The summed E-state index contributed by atoms with van der Waals surface area (Å²) in [4.78, 5) is 32.2. The lowest BCUT2D eigenvalue weighted by Crippen LogP contribution is -2.60. The number of benzene rings is 1. The van der Waals surface area contributed by atoms with Gasteiger partial charge < -0.3 is 68.5 Å². The zero-order valence-electron chi connectivity index (χ0n) is 43.5. The molecule has 1 unspecified atom stereocenters. The monoisotopic (exact) mass is 1010 g/mol. The molecule has 0 saturated carbocycles. The van der Waals surface area contributed by atoms with Gasteiger partial charge in [-0.1, -0.05) is 32.1 Å². The van der Waals surface area contributed by atoms with Crippen LogP contribution in [0.25, 0.3) is 0 Å². The topological polar surface area (TPSA) is 240 Å². The molecule has 0 radical (unpaired) electrons. The first-order valence-corrected chi connectivity index (χ1v) is 25.2. The summed E-state index contributed by atoms with van der Waals surface area (Å²) >= 11 is 0. The molecule has 0 bridgehead atoms. The molecule has 1 aromatic carbocycles. The fourth-order valence-electron chi connectivity index (χ4n) is 11.0. The molecule has 0 spiro atoms. The number of aromatic nitrogens is 3. The molecule has 0 aliphatic carbocycles. The molecule has 20 nitrogen and oxygen atoms in total. The van der Waals surface area contributed by atoms with Crippen LogP contribution < -0.4 is 4.90 Å². The summed E-state index contributed by atoms with van der Waals surface area (Å²) in [6.45, 7) is 17.2. The number of halogens is 1. The van der Waals surface area contributed by atoms with E-state index in [1.807, 2.05) is 37.7 Å². The Morgan fingerprint density at radius 1 is 0.958 bits per heavy atom. The van der Waals surface area contributed by atoms with Crippen molar-refractivity contribution in [3.63, 3.8) is 0 Å². The van der Waals surface area contributed by atoms with Crippen LogP contribution in [0.2, 0.25) is 0 Å². The number of cyclic esters (lactones) is 2. The van der Waals surface area contributed by atoms with Crippen LogP contribution in [-0.2, 0) is 50.9 Å². The highest BCUT2D eigenvalue weighted by Gasteiger charge is 2.52. The summed E-state index contributed by atoms with van der Waals surface area (Å²) in [6, 6.07) is 4.73. The molecule has 5 N–H and O–H groups in total. The zero-order valence-corrected chi connectivity index (χ0v) is 43.5. The van der Waals surface area contributed by atoms with Crippen LogP contribution in [0.1, 0.15) is 93.7 Å². The zero-order chi connectivity index (χ0) is 52.3. The van der Waals surface area contributed by atoms with Crippen molar-refractivity contribution < 1.29 is 72.7 Å². The van der Waals surface area contributed by atoms with Crippen molar-refractivity contribution in [2.24, 2.45) is 17.8 Å². The minimum Gasteiger partial charge on any atom is -0.459 e. The van der Waals surface area contributed by atoms with Gasteiger partial charge in [-0.3, -0.25) is 9.69 Å². The molecule has 1 amide bonds. The Labute approximate surface area is 417 Å². The highest BCUT2D eigenvalue weighted by Crippen LogP contribution is 2.40. The minimum absolute atomic E-state index is 0.0879. The van der Waals surface area contributed by atoms with E-state index in [0.717, 1.165) is 0 Å². The highest BCUT2D eigenvalue weighted by molar-refractivity contribution is 5.89. The normalized spacial score (nSPS) is 40.5. The lowest BCUT2D eigenvalue weighted by atomic mass is 9.77. The van der Waals surface area contributed by atoms with Crippen LogP contribution in [0.5, 0.6) is 0 Å². The number of carbonyl (C=O) groups excluding carboxylic acids is 2. The molecule has 2 aromatic rings. The summed E-state index contributed by atoms with van der Waals surface area (Å²) in [6.07, 6.45) is -9.50. The number of likely N-dealkylation sites (N-methyl/N-ethyl adjacent to an activating group) is 2. The number of nitrogens with zero attached hydrogens (tertiary/aromatic N) is 6. The molecule has 4 aliphatic rings. The second-order valence-corrected chi connectivity index (χ2v) is 21.3. The largest absolute Gasteiger partial charge is 0.459 e. The van der Waals surface area contributed by atoms with E-state index in [-0.39, 0.29) is 38.3 Å². The van der Waals surface area contributed by atoms with Gasteiger partial charge in [-0.05, 0) is 99.0 Å². The fraction of sp³-hybridized carbons (Fsp3) is 0.800. The maximum Gasteiger partial charge on any atom is 0.414 e. The molecule has 4 saturated heterocycles. The highest BCUT2D eigenvalue weighted by atomic mass is 19.1. The SMILES string of the molecule is CC[C@H]1OC(=O)[C@H](C)[C@@H](O[C@H]2C[C@@](C)(OC)[C@@H](O)[C@H](C)O2)[C@H](C)[C@@H](O[C@@H]2O[C@H](C)C[C@H](N(C)CCc3cn(CC4CN(c5cccc(F)c5)C(=O)O4)nn3)[C@H]2O)[C@](C)(O)C[C@@H](C)CN(C)[C@H](C)[C@H](O)[C@H]1O. The van der Waals surface area contributed by atoms with E-state index >= 15 is 0 Å². The van der Waals surface area contributed by atoms with Gasteiger partial charge in [0.25, 0.3) is 0 Å². The molecule has 4 aliphatic heterocycles. The van der Waals surface area contributed by atoms with E-state index in [0.29, 0.717) is 37.3 Å². The average molecular weight is 1010 g/mol. The van der Waals surface area contributed by atoms with Gasteiger partial charge in [-0.2, -0.15) is 0 Å². The summed E-state index contributed by atoms with van der Waals surface area (Å²) in [5.74, 6) is -3.28. The Balaban J connectivity index is 1.23. The van der Waals surface area contributed by atoms with Gasteiger partial charge in [0.1, 0.15) is 36.3 Å². The van der Waals surface area contributed by atoms with Crippen molar-refractivity contribution in [3.05, 3.63) is 42.0 Å². The van der Waals surface area contributed by atoms with Crippen LogP contribution in [0.15, 0.2) is 30.5 Å². The van der Waals surface area contributed by atoms with Gasteiger partial charge >= 0.3 is 12.1 Å². The van der Waals surface area contributed by atoms with Crippen LogP contribution >= 0.6 is 0 Å². The number of ether oxygens (including phenoxy) is 7. The van der Waals surface area contributed by atoms with Gasteiger partial charge in [0.2, 0.25) is 0 Å². The predicted molar refractivity (Wildman–Crippen MR) is 256 cm³/mol. The number of hydrogen-bond donors (Lipinski definition) is 5. The van der Waals surface area contributed by atoms with Gasteiger partial charge in [-0.15, -0.1) is 5.10 Å². The molecule has 402 valence electrons. The number of carbonyl (C=O) groups is 2. The molecule has 6 rings (SSSR count). The van der Waals surface area contributed by atoms with Crippen molar-refractivity contribution in [2.75, 3.05) is 45.7 Å². The summed E-state index contributed by atoms with van der Waals surface area (Å²) in [7, 11) is 5.20. The van der Waals surface area contributed by atoms with Crippen molar-refractivity contribution >= 4 is 17.7 Å². The number of anilines is 1. The number of rotatable bonds is 13. The van der Waals surface area contributed by atoms with E-state index in [4.69, 9.17) is 33.2 Å². The van der Waals surface area contributed by atoms with Gasteiger partial charge in [-0.25, -0.2) is 13.9 Å². The molecule has 1 aromatic heterocycles. The smallest absolute Gasteiger partial charge is 0.414 e. The minimum atomic E-state index is -1.65. The molecule has 21 heteroatoms. The first kappa shape index (κ1) is 56.8. The first-order chi connectivity index (χ1) is 33.4. The Kier molecular flexibility index (Phi) is 19.1. The van der Waals surface area contributed by atoms with Crippen LogP contribution in [0.4, 0.5) is 14.9 Å². The third kappa shape index (κ3) is 13.5. The van der Waals surface area contributed by atoms with E-state index < -0.39 is 127 Å². The van der Waals surface area contributed by atoms with Gasteiger partial charge in [0.05, 0.1) is 72.1 Å². The molecule has 19 atom stereocenters. The van der Waals surface area contributed by atoms with Crippen molar-refractivity contribution in [1.82, 2.24) is 24.8 Å². The molecule has 71 heavy (non-hydrogen) atoms. The Hall–Kier alpha value is -3.45. The Morgan fingerprint density at radius 3 is 2.35 bits per heavy atom. The standard InChI is InChI=1S/C50H81FN6O14/c1-13-38-42(60)40(58)31(6)55(11)23-27(2)21-49(8,64)45(29(4)43(30(5)46(62)69-38)70-39-22-50(9,65-12)44(61)32(7)67-39)71-47-41(59)37(19-28(3)66-47)54(10)18-17-34-24-56(53-52-34)25-36-26-57(48(63)68-36)35-16-14-15-33(51)20-35/h14-16,20,24,27-32,36-45,47,58-61,64H,13,17-19,21-23,25-26H2,1-12H3/t27-,28-,29+,30-,31-,32+,36?,37+,38-,39+,40+,41-,42+,43+,44+,45-,47+,49-,50-/m1/s1. The molecular formula is C50H81FN6O14. The summed E-state index contributed by atoms with van der Waals surface area (Å²) in [5.41, 5.74) is -1.65. The van der Waals surface area contributed by atoms with E-state index in [1.54, 1.807) is 65.4 Å². The maximum absolute atomic E-state index is 14.3. The average Bonchev–Trinajstić information content (AvgIpc) is 3.93. The van der Waals surface area contributed by atoms with E-state index in [1.165, 1.54) is 30.2 Å². The van der Waals surface area contributed by atoms with Gasteiger partial charge in [0, 0.05) is 57.2 Å². The first-order valence-electron chi connectivity index (χ1n) is 25.2. The van der Waals surface area contributed by atoms with E-state index in [2.05, 4.69) is 10.3 Å². The van der Waals surface area contributed by atoms with Crippen molar-refractivity contribution in [3.8, 4) is 0 Å². The lowest BCUT2D eigenvalue weighted by molar-refractivity contribution is -0.318. The summed E-state index contributed by atoms with van der Waals surface area (Å²) < 4.78 is 59.1. The van der Waals surface area contributed by atoms with Crippen LogP contribution in [0.3, 0.4) is 0 Å². The second kappa shape index (κ2) is 23.8. The Morgan fingerprint density at radius 2 is 1.68 bits per heavy atom. The maximum atomic E-state index is 14.3.